The van der Waals surface area contributed by atoms with Gasteiger partial charge in [0.2, 0.25) is 0 Å². The summed E-state index contributed by atoms with van der Waals surface area (Å²) in [5.41, 5.74) is 0.348. The van der Waals surface area contributed by atoms with Gasteiger partial charge in [0.1, 0.15) is 0 Å². The second-order valence-corrected chi connectivity index (χ2v) is 6.47. The van der Waals surface area contributed by atoms with E-state index in [0.717, 1.165) is 44.6 Å². The molecule has 0 spiro atoms. The lowest BCUT2D eigenvalue weighted by molar-refractivity contribution is 0.0121. The van der Waals surface area contributed by atoms with Crippen molar-refractivity contribution in [3.63, 3.8) is 0 Å². The molecule has 2 aliphatic rings. The summed E-state index contributed by atoms with van der Waals surface area (Å²) in [5, 5.41) is 0. The van der Waals surface area contributed by atoms with Gasteiger partial charge in [-0.25, -0.2) is 13.2 Å². The van der Waals surface area contributed by atoms with Crippen molar-refractivity contribution < 1.29 is 17.9 Å². The number of rotatable bonds is 2. The topological polar surface area (TPSA) is 9.23 Å². The summed E-state index contributed by atoms with van der Waals surface area (Å²) >= 11 is 0. The van der Waals surface area contributed by atoms with E-state index in [1.54, 1.807) is 7.11 Å². The molecule has 0 radical (unpaired) electrons. The zero-order valence-electron chi connectivity index (χ0n) is 12.2. The highest BCUT2D eigenvalue weighted by Crippen LogP contribution is 2.47. The Morgan fingerprint density at radius 3 is 2.38 bits per heavy atom. The first-order chi connectivity index (χ1) is 10.1. The smallest absolute Gasteiger partial charge is 0.194 e. The largest absolute Gasteiger partial charge is 0.381 e. The van der Waals surface area contributed by atoms with Crippen LogP contribution in [0.1, 0.15) is 50.0 Å². The van der Waals surface area contributed by atoms with Gasteiger partial charge in [-0.2, -0.15) is 0 Å². The molecule has 1 aromatic carbocycles. The molecule has 2 fully saturated rings. The lowest BCUT2D eigenvalue weighted by atomic mass is 9.65. The normalized spacial score (nSPS) is 32.8. The third kappa shape index (κ3) is 2.83. The fourth-order valence-corrected chi connectivity index (χ4v) is 4.20. The highest BCUT2D eigenvalue weighted by molar-refractivity contribution is 5.25. The molecule has 0 N–H and O–H groups in total. The van der Waals surface area contributed by atoms with Crippen LogP contribution in [0.5, 0.6) is 0 Å². The lowest BCUT2D eigenvalue weighted by Crippen LogP contribution is -2.33. The molecule has 0 aliphatic heterocycles. The molecule has 116 valence electrons. The van der Waals surface area contributed by atoms with Crippen molar-refractivity contribution in [2.45, 2.75) is 50.5 Å². The molecule has 0 heterocycles. The summed E-state index contributed by atoms with van der Waals surface area (Å²) in [6.07, 6.45) is 6.31. The van der Waals surface area contributed by atoms with Crippen LogP contribution in [0.15, 0.2) is 12.1 Å². The van der Waals surface area contributed by atoms with Crippen LogP contribution in [0.25, 0.3) is 0 Å². The maximum absolute atomic E-state index is 14.0. The summed E-state index contributed by atoms with van der Waals surface area (Å²) in [6, 6.07) is 2.46. The van der Waals surface area contributed by atoms with Crippen molar-refractivity contribution in [3.8, 4) is 0 Å². The van der Waals surface area contributed by atoms with E-state index in [1.165, 1.54) is 6.07 Å². The molecule has 0 bridgehead atoms. The first-order valence-electron chi connectivity index (χ1n) is 7.76. The van der Waals surface area contributed by atoms with E-state index in [0.29, 0.717) is 23.5 Å². The van der Waals surface area contributed by atoms with Crippen LogP contribution in [0.3, 0.4) is 0 Å². The second-order valence-electron chi connectivity index (χ2n) is 6.47. The van der Waals surface area contributed by atoms with Gasteiger partial charge in [0, 0.05) is 7.11 Å². The molecule has 2 aliphatic carbocycles. The van der Waals surface area contributed by atoms with E-state index in [2.05, 4.69) is 0 Å². The van der Waals surface area contributed by atoms with Crippen molar-refractivity contribution in [2.75, 3.05) is 7.11 Å². The van der Waals surface area contributed by atoms with Crippen LogP contribution in [-0.4, -0.2) is 13.2 Å². The van der Waals surface area contributed by atoms with E-state index in [9.17, 15) is 13.2 Å². The average Bonchev–Trinajstić information content (AvgIpc) is 2.52. The third-order valence-electron chi connectivity index (χ3n) is 5.40. The third-order valence-corrected chi connectivity index (χ3v) is 5.40. The fourth-order valence-electron chi connectivity index (χ4n) is 4.20. The van der Waals surface area contributed by atoms with Gasteiger partial charge in [-0.05, 0) is 67.9 Å². The molecule has 0 saturated heterocycles. The van der Waals surface area contributed by atoms with Gasteiger partial charge in [-0.15, -0.1) is 0 Å². The van der Waals surface area contributed by atoms with E-state index in [4.69, 9.17) is 4.74 Å². The van der Waals surface area contributed by atoms with Gasteiger partial charge in [0.15, 0.2) is 17.5 Å². The minimum absolute atomic E-state index is 0.0143. The van der Waals surface area contributed by atoms with Crippen LogP contribution < -0.4 is 0 Å². The van der Waals surface area contributed by atoms with E-state index in [1.807, 2.05) is 0 Å². The van der Waals surface area contributed by atoms with Crippen molar-refractivity contribution >= 4 is 0 Å². The number of halogens is 3. The molecule has 4 unspecified atom stereocenters. The summed E-state index contributed by atoms with van der Waals surface area (Å²) in [6.45, 7) is 0. The molecule has 3 rings (SSSR count). The Balaban J connectivity index is 1.74. The Labute approximate surface area is 123 Å². The zero-order valence-corrected chi connectivity index (χ0v) is 12.2. The van der Waals surface area contributed by atoms with Crippen LogP contribution in [0.4, 0.5) is 13.2 Å². The van der Waals surface area contributed by atoms with E-state index in [-0.39, 0.29) is 5.92 Å². The maximum Gasteiger partial charge on any atom is 0.194 e. The summed E-state index contributed by atoms with van der Waals surface area (Å²) in [4.78, 5) is 0. The Kier molecular flexibility index (Phi) is 4.25. The molecular formula is C17H21F3O. The summed E-state index contributed by atoms with van der Waals surface area (Å²) in [5.74, 6) is -2.23. The summed E-state index contributed by atoms with van der Waals surface area (Å²) in [7, 11) is 1.76. The van der Waals surface area contributed by atoms with Gasteiger partial charge < -0.3 is 4.74 Å². The van der Waals surface area contributed by atoms with Crippen molar-refractivity contribution in [1.82, 2.24) is 0 Å². The van der Waals surface area contributed by atoms with Crippen LogP contribution in [0.2, 0.25) is 0 Å². The van der Waals surface area contributed by atoms with Gasteiger partial charge in [-0.3, -0.25) is 0 Å². The predicted octanol–water partition coefficient (Wildman–Crippen LogP) is 4.80. The molecule has 0 amide bonds. The Morgan fingerprint density at radius 1 is 0.905 bits per heavy atom. The molecule has 1 aromatic rings. The molecular weight excluding hydrogens is 277 g/mol. The van der Waals surface area contributed by atoms with Crippen LogP contribution in [-0.2, 0) is 4.74 Å². The first-order valence-corrected chi connectivity index (χ1v) is 7.76. The molecule has 1 nitrogen and oxygen atoms in total. The molecule has 4 atom stereocenters. The number of hydrogen-bond acceptors (Lipinski definition) is 1. The SMILES string of the molecule is COC1CCC2CC(c3ccc(F)c(F)c3F)CCC2C1. The molecule has 2 saturated carbocycles. The van der Waals surface area contributed by atoms with Crippen LogP contribution in [0, 0.1) is 29.3 Å². The molecule has 21 heavy (non-hydrogen) atoms. The minimum atomic E-state index is -1.34. The second kappa shape index (κ2) is 5.99. The highest BCUT2D eigenvalue weighted by atomic mass is 19.2. The van der Waals surface area contributed by atoms with Gasteiger partial charge in [0.25, 0.3) is 0 Å². The number of hydrogen-bond donors (Lipinski definition) is 0. The lowest BCUT2D eigenvalue weighted by Gasteiger charge is -2.42. The molecule has 4 heteroatoms. The zero-order chi connectivity index (χ0) is 15.0. The first kappa shape index (κ1) is 14.9. The predicted molar refractivity (Wildman–Crippen MR) is 74.5 cm³/mol. The fraction of sp³-hybridized carbons (Fsp3) is 0.647. The summed E-state index contributed by atoms with van der Waals surface area (Å²) < 4.78 is 45.9. The van der Waals surface area contributed by atoms with Crippen molar-refractivity contribution in [1.29, 1.82) is 0 Å². The van der Waals surface area contributed by atoms with Crippen LogP contribution >= 0.6 is 0 Å². The maximum atomic E-state index is 14.0. The van der Waals surface area contributed by atoms with Gasteiger partial charge in [-0.1, -0.05) is 6.07 Å². The number of fused-ring (bicyclic) bond motifs is 1. The van der Waals surface area contributed by atoms with E-state index < -0.39 is 17.5 Å². The standard InChI is InChI=1S/C17H21F3O/c1-21-13-5-4-10-8-12(3-2-11(10)9-13)14-6-7-15(18)17(20)16(14)19/h6-7,10-13H,2-5,8-9H2,1H3. The van der Waals surface area contributed by atoms with E-state index >= 15 is 0 Å². The van der Waals surface area contributed by atoms with Gasteiger partial charge in [0.05, 0.1) is 6.10 Å². The highest BCUT2D eigenvalue weighted by Gasteiger charge is 2.37. The monoisotopic (exact) mass is 298 g/mol. The van der Waals surface area contributed by atoms with Crippen molar-refractivity contribution in [3.05, 3.63) is 35.1 Å². The quantitative estimate of drug-likeness (QED) is 0.712. The average molecular weight is 298 g/mol. The van der Waals surface area contributed by atoms with Crippen molar-refractivity contribution in [2.24, 2.45) is 11.8 Å². The number of benzene rings is 1. The Morgan fingerprint density at radius 2 is 1.62 bits per heavy atom. The minimum Gasteiger partial charge on any atom is -0.381 e. The Hall–Kier alpha value is -1.03. The number of methoxy groups -OCH3 is 1. The molecule has 0 aromatic heterocycles. The Bertz CT molecular complexity index is 517. The number of ether oxygens (including phenoxy) is 1. The van der Waals surface area contributed by atoms with Gasteiger partial charge >= 0.3 is 0 Å².